The van der Waals surface area contributed by atoms with E-state index in [1.807, 2.05) is 6.07 Å². The lowest BCUT2D eigenvalue weighted by molar-refractivity contribution is 0.630. The first-order chi connectivity index (χ1) is 7.72. The molecule has 0 spiro atoms. The van der Waals surface area contributed by atoms with Gasteiger partial charge in [0.05, 0.1) is 10.5 Å². The van der Waals surface area contributed by atoms with E-state index < -0.39 is 5.82 Å². The van der Waals surface area contributed by atoms with Crippen LogP contribution in [0.15, 0.2) is 24.4 Å². The Labute approximate surface area is 98.4 Å². The van der Waals surface area contributed by atoms with Crippen molar-refractivity contribution in [2.45, 2.75) is 13.3 Å². The van der Waals surface area contributed by atoms with Crippen LogP contribution in [0.4, 0.5) is 10.1 Å². The van der Waals surface area contributed by atoms with E-state index in [9.17, 15) is 4.39 Å². The zero-order chi connectivity index (χ0) is 11.5. The second-order valence-corrected chi connectivity index (χ2v) is 3.98. The Morgan fingerprint density at radius 2 is 2.25 bits per heavy atom. The highest BCUT2D eigenvalue weighted by Crippen LogP contribution is 2.26. The lowest BCUT2D eigenvalue weighted by Crippen LogP contribution is -2.00. The summed E-state index contributed by atoms with van der Waals surface area (Å²) in [6.45, 7) is 2.96. The van der Waals surface area contributed by atoms with Crippen LogP contribution in [0.1, 0.15) is 13.3 Å². The number of fused-ring (bicyclic) bond motifs is 1. The van der Waals surface area contributed by atoms with Crippen LogP contribution in [0, 0.1) is 5.82 Å². The van der Waals surface area contributed by atoms with Gasteiger partial charge in [-0.05, 0) is 18.6 Å². The summed E-state index contributed by atoms with van der Waals surface area (Å²) in [7, 11) is 0. The summed E-state index contributed by atoms with van der Waals surface area (Å²) in [5.41, 5.74) is 1.55. The number of pyridine rings is 1. The van der Waals surface area contributed by atoms with Gasteiger partial charge in [-0.1, -0.05) is 18.5 Å². The zero-order valence-electron chi connectivity index (χ0n) is 8.93. The van der Waals surface area contributed by atoms with Gasteiger partial charge in [-0.3, -0.25) is 4.98 Å². The van der Waals surface area contributed by atoms with Gasteiger partial charge in [0.25, 0.3) is 0 Å². The molecule has 84 valence electrons. The van der Waals surface area contributed by atoms with Gasteiger partial charge in [0.2, 0.25) is 0 Å². The highest BCUT2D eigenvalue weighted by molar-refractivity contribution is 6.31. The van der Waals surface area contributed by atoms with Crippen molar-refractivity contribution >= 4 is 28.2 Å². The Hall–Kier alpha value is -1.35. The summed E-state index contributed by atoms with van der Waals surface area (Å²) in [6.07, 6.45) is 2.69. The lowest BCUT2D eigenvalue weighted by atomic mass is 10.2. The molecule has 0 fully saturated rings. The second-order valence-electron chi connectivity index (χ2n) is 3.57. The molecule has 0 amide bonds. The third-order valence-electron chi connectivity index (χ3n) is 2.35. The highest BCUT2D eigenvalue weighted by atomic mass is 35.5. The standard InChI is InChI=1S/C12H12ClFN2/c1-2-4-15-11-3-5-16-12-7-10(14)9(13)6-8(11)12/h3,5-7H,2,4H2,1H3,(H,15,16). The minimum absolute atomic E-state index is 0.125. The van der Waals surface area contributed by atoms with Crippen LogP contribution >= 0.6 is 11.6 Å². The normalized spacial score (nSPS) is 10.7. The van der Waals surface area contributed by atoms with Crippen molar-refractivity contribution in [3.05, 3.63) is 35.2 Å². The maximum Gasteiger partial charge on any atom is 0.143 e. The number of benzene rings is 1. The van der Waals surface area contributed by atoms with Crippen molar-refractivity contribution in [3.8, 4) is 0 Å². The van der Waals surface area contributed by atoms with Gasteiger partial charge < -0.3 is 5.32 Å². The Morgan fingerprint density at radius 1 is 1.44 bits per heavy atom. The van der Waals surface area contributed by atoms with Crippen molar-refractivity contribution < 1.29 is 4.39 Å². The van der Waals surface area contributed by atoms with Crippen molar-refractivity contribution in [2.75, 3.05) is 11.9 Å². The molecule has 4 heteroatoms. The molecule has 0 aliphatic carbocycles. The summed E-state index contributed by atoms with van der Waals surface area (Å²) in [6, 6.07) is 4.83. The van der Waals surface area contributed by atoms with E-state index in [1.54, 1.807) is 12.3 Å². The molecule has 1 heterocycles. The van der Waals surface area contributed by atoms with Crippen molar-refractivity contribution in [1.82, 2.24) is 4.98 Å². The smallest absolute Gasteiger partial charge is 0.143 e. The van der Waals surface area contributed by atoms with E-state index in [0.29, 0.717) is 5.52 Å². The molecule has 0 saturated carbocycles. The molecule has 0 atom stereocenters. The van der Waals surface area contributed by atoms with Gasteiger partial charge in [-0.25, -0.2) is 4.39 Å². The lowest BCUT2D eigenvalue weighted by Gasteiger charge is -2.08. The third-order valence-corrected chi connectivity index (χ3v) is 2.64. The van der Waals surface area contributed by atoms with Gasteiger partial charge in [0.15, 0.2) is 0 Å². The number of anilines is 1. The molecule has 1 aromatic carbocycles. The van der Waals surface area contributed by atoms with Crippen LogP contribution in [0.5, 0.6) is 0 Å². The first-order valence-electron chi connectivity index (χ1n) is 5.20. The van der Waals surface area contributed by atoms with Crippen molar-refractivity contribution in [2.24, 2.45) is 0 Å². The van der Waals surface area contributed by atoms with Crippen LogP contribution in [-0.4, -0.2) is 11.5 Å². The highest BCUT2D eigenvalue weighted by Gasteiger charge is 2.06. The molecule has 2 aromatic rings. The van der Waals surface area contributed by atoms with Gasteiger partial charge in [-0.15, -0.1) is 0 Å². The Bertz CT molecular complexity index is 514. The molecule has 16 heavy (non-hydrogen) atoms. The predicted octanol–water partition coefficient (Wildman–Crippen LogP) is 3.85. The molecular weight excluding hydrogens is 227 g/mol. The zero-order valence-corrected chi connectivity index (χ0v) is 9.68. The van der Waals surface area contributed by atoms with Gasteiger partial charge in [-0.2, -0.15) is 0 Å². The fourth-order valence-corrected chi connectivity index (χ4v) is 1.72. The second kappa shape index (κ2) is 4.66. The summed E-state index contributed by atoms with van der Waals surface area (Å²) in [5.74, 6) is -0.436. The van der Waals surface area contributed by atoms with Crippen LogP contribution in [0.25, 0.3) is 10.9 Å². The first kappa shape index (κ1) is 11.1. The monoisotopic (exact) mass is 238 g/mol. The molecule has 0 bridgehead atoms. The SMILES string of the molecule is CCCNc1ccnc2cc(F)c(Cl)cc12. The van der Waals surface area contributed by atoms with E-state index in [1.165, 1.54) is 6.07 Å². The van der Waals surface area contributed by atoms with Crippen LogP contribution in [0.3, 0.4) is 0 Å². The van der Waals surface area contributed by atoms with Gasteiger partial charge in [0, 0.05) is 29.9 Å². The number of rotatable bonds is 3. The van der Waals surface area contributed by atoms with Crippen LogP contribution in [-0.2, 0) is 0 Å². The third kappa shape index (κ3) is 2.09. The molecular formula is C12H12ClFN2. The topological polar surface area (TPSA) is 24.9 Å². The maximum atomic E-state index is 13.2. The number of aromatic nitrogens is 1. The van der Waals surface area contributed by atoms with E-state index in [0.717, 1.165) is 24.0 Å². The molecule has 0 saturated heterocycles. The summed E-state index contributed by atoms with van der Waals surface area (Å²) in [4.78, 5) is 4.11. The number of hydrogen-bond donors (Lipinski definition) is 1. The van der Waals surface area contributed by atoms with E-state index in [4.69, 9.17) is 11.6 Å². The van der Waals surface area contributed by atoms with Gasteiger partial charge in [0.1, 0.15) is 5.82 Å². The summed E-state index contributed by atoms with van der Waals surface area (Å²) in [5, 5.41) is 4.24. The average Bonchev–Trinajstić information content (AvgIpc) is 2.28. The van der Waals surface area contributed by atoms with E-state index in [2.05, 4.69) is 17.2 Å². The Kier molecular flexibility index (Phi) is 3.25. The van der Waals surface area contributed by atoms with Gasteiger partial charge >= 0.3 is 0 Å². The van der Waals surface area contributed by atoms with Crippen LogP contribution < -0.4 is 5.32 Å². The fourth-order valence-electron chi connectivity index (χ4n) is 1.55. The molecule has 0 unspecified atom stereocenters. The van der Waals surface area contributed by atoms with Crippen LogP contribution in [0.2, 0.25) is 5.02 Å². The van der Waals surface area contributed by atoms with E-state index >= 15 is 0 Å². The maximum absolute atomic E-state index is 13.2. The molecule has 1 aromatic heterocycles. The molecule has 1 N–H and O–H groups in total. The number of halogens is 2. The molecule has 2 rings (SSSR count). The van der Waals surface area contributed by atoms with E-state index in [-0.39, 0.29) is 5.02 Å². The Balaban J connectivity index is 2.53. The van der Waals surface area contributed by atoms with Crippen molar-refractivity contribution in [1.29, 1.82) is 0 Å². The molecule has 0 aliphatic heterocycles. The average molecular weight is 239 g/mol. The Morgan fingerprint density at radius 3 is 3.00 bits per heavy atom. The first-order valence-corrected chi connectivity index (χ1v) is 5.58. The largest absolute Gasteiger partial charge is 0.384 e. The van der Waals surface area contributed by atoms with Crippen molar-refractivity contribution in [3.63, 3.8) is 0 Å². The minimum atomic E-state index is -0.436. The fraction of sp³-hybridized carbons (Fsp3) is 0.250. The number of nitrogens with zero attached hydrogens (tertiary/aromatic N) is 1. The molecule has 2 nitrogen and oxygen atoms in total. The number of hydrogen-bond acceptors (Lipinski definition) is 2. The molecule has 0 aliphatic rings. The number of nitrogens with one attached hydrogen (secondary N) is 1. The molecule has 0 radical (unpaired) electrons. The minimum Gasteiger partial charge on any atom is -0.384 e. The summed E-state index contributed by atoms with van der Waals surface area (Å²) >= 11 is 5.76. The quantitative estimate of drug-likeness (QED) is 0.879. The predicted molar refractivity (Wildman–Crippen MR) is 65.5 cm³/mol. The summed E-state index contributed by atoms with van der Waals surface area (Å²) < 4.78 is 13.2.